The van der Waals surface area contributed by atoms with E-state index in [4.69, 9.17) is 0 Å². The highest BCUT2D eigenvalue weighted by Crippen LogP contribution is 2.29. The molecule has 0 aromatic carbocycles. The molecule has 1 atom stereocenters. The van der Waals surface area contributed by atoms with Crippen molar-refractivity contribution in [3.05, 3.63) is 48.4 Å². The van der Waals surface area contributed by atoms with Crippen molar-refractivity contribution in [2.45, 2.75) is 19.1 Å². The van der Waals surface area contributed by atoms with Crippen LogP contribution in [0.15, 0.2) is 41.3 Å². The zero-order valence-electron chi connectivity index (χ0n) is 12.3. The van der Waals surface area contributed by atoms with Gasteiger partial charge in [0.1, 0.15) is 0 Å². The summed E-state index contributed by atoms with van der Waals surface area (Å²) in [4.78, 5) is 15.6. The van der Waals surface area contributed by atoms with Gasteiger partial charge in [0.2, 0.25) is 11.8 Å². The van der Waals surface area contributed by atoms with Gasteiger partial charge in [-0.1, -0.05) is 11.2 Å². The summed E-state index contributed by atoms with van der Waals surface area (Å²) in [5.74, 6) is -1.34. The molecule has 3 rings (SSSR count). The number of aromatic nitrogens is 5. The smallest absolute Gasteiger partial charge is 0.346 e. The van der Waals surface area contributed by atoms with Crippen molar-refractivity contribution in [2.75, 3.05) is 5.32 Å². The minimum absolute atomic E-state index is 0.140. The molecule has 124 valence electrons. The Morgan fingerprint density at radius 3 is 2.46 bits per heavy atom. The predicted molar refractivity (Wildman–Crippen MR) is 76.6 cm³/mol. The largest absolute Gasteiger partial charge is 0.471 e. The molecular formula is C14H11F3N6O. The Morgan fingerprint density at radius 1 is 1.12 bits per heavy atom. The lowest BCUT2D eigenvalue weighted by Crippen LogP contribution is -2.10. The predicted octanol–water partition coefficient (Wildman–Crippen LogP) is 3.11. The van der Waals surface area contributed by atoms with Gasteiger partial charge >= 0.3 is 12.1 Å². The van der Waals surface area contributed by atoms with Crippen LogP contribution in [0.4, 0.5) is 19.1 Å². The van der Waals surface area contributed by atoms with Gasteiger partial charge in [-0.2, -0.15) is 18.2 Å². The molecule has 7 nitrogen and oxygen atoms in total. The van der Waals surface area contributed by atoms with Gasteiger partial charge in [-0.3, -0.25) is 4.98 Å². The van der Waals surface area contributed by atoms with Crippen molar-refractivity contribution in [1.29, 1.82) is 0 Å². The Hall–Kier alpha value is -3.04. The summed E-state index contributed by atoms with van der Waals surface area (Å²) in [5.41, 5.74) is 1.02. The van der Waals surface area contributed by atoms with Crippen LogP contribution in [-0.4, -0.2) is 25.1 Å². The standard InChI is InChI=1S/C14H11F3N6O/c1-8(10-4-2-3-5-18-10)21-13-19-6-9(7-20-13)11-22-12(24-23-11)14(15,16)17/h2-8H,1H3,(H,19,20,21). The SMILES string of the molecule is CC(Nc1ncc(-c2noc(C(F)(F)F)n2)cn1)c1ccccn1. The average molecular weight is 336 g/mol. The van der Waals surface area contributed by atoms with Gasteiger partial charge in [-0.05, 0) is 19.1 Å². The normalized spacial score (nSPS) is 12.8. The monoisotopic (exact) mass is 336 g/mol. The second kappa shape index (κ2) is 6.22. The zero-order chi connectivity index (χ0) is 17.2. The number of pyridine rings is 1. The van der Waals surface area contributed by atoms with E-state index in [-0.39, 0.29) is 17.4 Å². The van der Waals surface area contributed by atoms with Gasteiger partial charge in [0, 0.05) is 18.6 Å². The molecule has 24 heavy (non-hydrogen) atoms. The average Bonchev–Trinajstić information content (AvgIpc) is 3.07. The van der Waals surface area contributed by atoms with Gasteiger partial charge in [-0.25, -0.2) is 9.97 Å². The van der Waals surface area contributed by atoms with Crippen LogP contribution in [0.3, 0.4) is 0 Å². The van der Waals surface area contributed by atoms with E-state index in [0.29, 0.717) is 5.95 Å². The van der Waals surface area contributed by atoms with Crippen molar-refractivity contribution in [3.8, 4) is 11.4 Å². The number of nitrogens with one attached hydrogen (secondary N) is 1. The van der Waals surface area contributed by atoms with Crippen LogP contribution >= 0.6 is 0 Å². The molecule has 0 aliphatic rings. The molecule has 1 unspecified atom stereocenters. The van der Waals surface area contributed by atoms with E-state index >= 15 is 0 Å². The molecule has 0 radical (unpaired) electrons. The Morgan fingerprint density at radius 2 is 1.88 bits per heavy atom. The van der Waals surface area contributed by atoms with Crippen LogP contribution < -0.4 is 5.32 Å². The fourth-order valence-corrected chi connectivity index (χ4v) is 1.87. The Labute approximate surface area is 134 Å². The molecule has 0 spiro atoms. The Kier molecular flexibility index (Phi) is 4.11. The Balaban J connectivity index is 1.73. The van der Waals surface area contributed by atoms with Gasteiger partial charge in [0.25, 0.3) is 0 Å². The van der Waals surface area contributed by atoms with Gasteiger partial charge in [0.05, 0.1) is 17.3 Å². The van der Waals surface area contributed by atoms with E-state index in [1.165, 1.54) is 12.4 Å². The molecule has 0 aliphatic carbocycles. The van der Waals surface area contributed by atoms with E-state index in [1.807, 2.05) is 25.1 Å². The maximum Gasteiger partial charge on any atom is 0.471 e. The van der Waals surface area contributed by atoms with Crippen molar-refractivity contribution < 1.29 is 17.7 Å². The summed E-state index contributed by atoms with van der Waals surface area (Å²) < 4.78 is 41.5. The van der Waals surface area contributed by atoms with Crippen LogP contribution in [0.2, 0.25) is 0 Å². The first-order valence-corrected chi connectivity index (χ1v) is 6.84. The summed E-state index contributed by atoms with van der Waals surface area (Å²) >= 11 is 0. The van der Waals surface area contributed by atoms with Crippen LogP contribution in [-0.2, 0) is 6.18 Å². The number of nitrogens with zero attached hydrogens (tertiary/aromatic N) is 5. The summed E-state index contributed by atoms with van der Waals surface area (Å²) in [5, 5.41) is 6.31. The number of alkyl halides is 3. The van der Waals surface area contributed by atoms with E-state index in [0.717, 1.165) is 5.69 Å². The molecule has 3 heterocycles. The topological polar surface area (TPSA) is 89.6 Å². The number of hydrogen-bond acceptors (Lipinski definition) is 7. The molecule has 3 aromatic heterocycles. The van der Waals surface area contributed by atoms with Crippen LogP contribution in [0.1, 0.15) is 24.6 Å². The molecule has 0 amide bonds. The zero-order valence-corrected chi connectivity index (χ0v) is 12.3. The fraction of sp³-hybridized carbons (Fsp3) is 0.214. The fourth-order valence-electron chi connectivity index (χ4n) is 1.87. The van der Waals surface area contributed by atoms with Crippen molar-refractivity contribution in [1.82, 2.24) is 25.1 Å². The summed E-state index contributed by atoms with van der Waals surface area (Å²) in [6.07, 6.45) is -0.394. The molecule has 10 heteroatoms. The van der Waals surface area contributed by atoms with E-state index in [9.17, 15) is 13.2 Å². The molecule has 0 saturated carbocycles. The molecule has 0 fully saturated rings. The molecule has 1 N–H and O–H groups in total. The number of anilines is 1. The minimum atomic E-state index is -4.69. The minimum Gasteiger partial charge on any atom is -0.346 e. The second-order valence-electron chi connectivity index (χ2n) is 4.84. The van der Waals surface area contributed by atoms with Gasteiger partial charge in [-0.15, -0.1) is 0 Å². The lowest BCUT2D eigenvalue weighted by molar-refractivity contribution is -0.159. The van der Waals surface area contributed by atoms with E-state index < -0.39 is 12.1 Å². The van der Waals surface area contributed by atoms with Gasteiger partial charge in [0.15, 0.2) is 0 Å². The lowest BCUT2D eigenvalue weighted by atomic mass is 10.2. The van der Waals surface area contributed by atoms with E-state index in [2.05, 4.69) is 34.9 Å². The van der Waals surface area contributed by atoms with Crippen LogP contribution in [0.25, 0.3) is 11.4 Å². The number of rotatable bonds is 4. The molecule has 0 bridgehead atoms. The third-order valence-electron chi connectivity index (χ3n) is 3.06. The van der Waals surface area contributed by atoms with Crippen molar-refractivity contribution in [3.63, 3.8) is 0 Å². The maximum absolute atomic E-state index is 12.4. The number of halogens is 3. The molecule has 3 aromatic rings. The van der Waals surface area contributed by atoms with E-state index in [1.54, 1.807) is 6.20 Å². The molecule has 0 aliphatic heterocycles. The highest BCUT2D eigenvalue weighted by atomic mass is 19.4. The number of hydrogen-bond donors (Lipinski definition) is 1. The van der Waals surface area contributed by atoms with Crippen molar-refractivity contribution >= 4 is 5.95 Å². The summed E-state index contributed by atoms with van der Waals surface area (Å²) in [7, 11) is 0. The van der Waals surface area contributed by atoms with Crippen molar-refractivity contribution in [2.24, 2.45) is 0 Å². The summed E-state index contributed by atoms with van der Waals surface area (Å²) in [6, 6.07) is 5.38. The van der Waals surface area contributed by atoms with Gasteiger partial charge < -0.3 is 9.84 Å². The first-order valence-electron chi connectivity index (χ1n) is 6.84. The molecule has 0 saturated heterocycles. The highest BCUT2D eigenvalue weighted by molar-refractivity contribution is 5.52. The first-order chi connectivity index (χ1) is 11.4. The first kappa shape index (κ1) is 15.8. The maximum atomic E-state index is 12.4. The highest BCUT2D eigenvalue weighted by Gasteiger charge is 2.38. The third kappa shape index (κ3) is 3.47. The summed E-state index contributed by atoms with van der Waals surface area (Å²) in [6.45, 7) is 1.88. The van der Waals surface area contributed by atoms with Crippen LogP contribution in [0.5, 0.6) is 0 Å². The Bertz CT molecular complexity index is 803. The lowest BCUT2D eigenvalue weighted by Gasteiger charge is -2.12. The second-order valence-corrected chi connectivity index (χ2v) is 4.84. The quantitative estimate of drug-likeness (QED) is 0.783. The van der Waals surface area contributed by atoms with Crippen LogP contribution in [0, 0.1) is 0 Å². The third-order valence-corrected chi connectivity index (χ3v) is 3.06. The molecular weight excluding hydrogens is 325 g/mol.